The van der Waals surface area contributed by atoms with Gasteiger partial charge in [-0.2, -0.15) is 0 Å². The van der Waals surface area contributed by atoms with Crippen molar-refractivity contribution in [2.75, 3.05) is 20.0 Å². The van der Waals surface area contributed by atoms with Crippen LogP contribution in [-0.2, 0) is 9.53 Å². The molecule has 1 saturated heterocycles. The first kappa shape index (κ1) is 18.2. The molecule has 1 aromatic rings. The van der Waals surface area contributed by atoms with Crippen LogP contribution in [0.5, 0.6) is 5.75 Å². The van der Waals surface area contributed by atoms with E-state index in [-0.39, 0.29) is 24.5 Å². The van der Waals surface area contributed by atoms with Crippen LogP contribution < -0.4 is 4.74 Å². The second kappa shape index (κ2) is 8.13. The maximum atomic E-state index is 12.8. The van der Waals surface area contributed by atoms with E-state index in [1.807, 2.05) is 24.3 Å². The van der Waals surface area contributed by atoms with Crippen LogP contribution in [0.25, 0.3) is 0 Å². The number of ether oxygens (including phenoxy) is 2. The lowest BCUT2D eigenvalue weighted by atomic mass is 10.0. The van der Waals surface area contributed by atoms with Crippen LogP contribution in [0, 0.1) is 5.92 Å². The number of rotatable bonds is 6. The Bertz CT molecular complexity index is 577. The van der Waals surface area contributed by atoms with Crippen molar-refractivity contribution in [1.29, 1.82) is 0 Å². The standard InChI is InChI=1S/C17H23NO3S2/c1-11(2)14-10-23-17(22)18(14)16(19)9-15(21-4)12-6-5-7-13(8-12)20-3/h5-8,11,14-15H,9-10H2,1-4H3/t14-,15+/m1/s1. The molecule has 0 saturated carbocycles. The van der Waals surface area contributed by atoms with Gasteiger partial charge in [0, 0.05) is 18.9 Å². The second-order valence-electron chi connectivity index (χ2n) is 5.86. The fraction of sp³-hybridized carbons (Fsp3) is 0.529. The summed E-state index contributed by atoms with van der Waals surface area (Å²) in [4.78, 5) is 14.6. The average molecular weight is 354 g/mol. The third-order valence-electron chi connectivity index (χ3n) is 4.05. The summed E-state index contributed by atoms with van der Waals surface area (Å²) >= 11 is 6.95. The van der Waals surface area contributed by atoms with Gasteiger partial charge in [0.15, 0.2) is 0 Å². The molecule has 1 amide bonds. The molecular weight excluding hydrogens is 330 g/mol. The molecular formula is C17H23NO3S2. The van der Waals surface area contributed by atoms with Crippen LogP contribution >= 0.6 is 24.0 Å². The summed E-state index contributed by atoms with van der Waals surface area (Å²) in [5.41, 5.74) is 0.930. The average Bonchev–Trinajstić information content (AvgIpc) is 2.94. The van der Waals surface area contributed by atoms with Crippen LogP contribution in [0.3, 0.4) is 0 Å². The number of nitrogens with zero attached hydrogens (tertiary/aromatic N) is 1. The summed E-state index contributed by atoms with van der Waals surface area (Å²) in [5, 5.41) is 0. The van der Waals surface area contributed by atoms with Crippen molar-refractivity contribution in [3.8, 4) is 5.75 Å². The highest BCUT2D eigenvalue weighted by Crippen LogP contribution is 2.32. The van der Waals surface area contributed by atoms with Gasteiger partial charge in [0.1, 0.15) is 10.1 Å². The minimum Gasteiger partial charge on any atom is -0.497 e. The lowest BCUT2D eigenvalue weighted by molar-refractivity contribution is -0.131. The third kappa shape index (κ3) is 4.25. The maximum absolute atomic E-state index is 12.8. The van der Waals surface area contributed by atoms with Crippen molar-refractivity contribution < 1.29 is 14.3 Å². The first-order valence-electron chi connectivity index (χ1n) is 7.63. The molecule has 1 aliphatic heterocycles. The maximum Gasteiger partial charge on any atom is 0.231 e. The largest absolute Gasteiger partial charge is 0.497 e. The molecule has 1 fully saturated rings. The Morgan fingerprint density at radius 3 is 2.78 bits per heavy atom. The Labute approximate surface area is 147 Å². The highest BCUT2D eigenvalue weighted by atomic mass is 32.2. The molecule has 0 aromatic heterocycles. The van der Waals surface area contributed by atoms with E-state index in [0.717, 1.165) is 17.1 Å². The fourth-order valence-electron chi connectivity index (χ4n) is 2.65. The molecule has 1 aliphatic rings. The molecule has 23 heavy (non-hydrogen) atoms. The number of methoxy groups -OCH3 is 2. The van der Waals surface area contributed by atoms with Crippen LogP contribution in [0.1, 0.15) is 31.9 Å². The molecule has 126 valence electrons. The summed E-state index contributed by atoms with van der Waals surface area (Å²) < 4.78 is 11.5. The van der Waals surface area contributed by atoms with Crippen LogP contribution in [0.4, 0.5) is 0 Å². The number of thioether (sulfide) groups is 1. The first-order chi connectivity index (χ1) is 11.0. The smallest absolute Gasteiger partial charge is 0.231 e. The minimum absolute atomic E-state index is 0.0216. The Kier molecular flexibility index (Phi) is 6.44. The number of amides is 1. The normalized spacial score (nSPS) is 19.3. The Morgan fingerprint density at radius 2 is 2.17 bits per heavy atom. The number of carbonyl (C=O) groups excluding carboxylic acids is 1. The molecule has 0 spiro atoms. The zero-order valence-corrected chi connectivity index (χ0v) is 15.6. The predicted molar refractivity (Wildman–Crippen MR) is 97.9 cm³/mol. The van der Waals surface area contributed by atoms with Crippen molar-refractivity contribution >= 4 is 34.2 Å². The molecule has 2 rings (SSSR count). The third-order valence-corrected chi connectivity index (χ3v) is 5.56. The number of benzene rings is 1. The van der Waals surface area contributed by atoms with Gasteiger partial charge in [0.25, 0.3) is 0 Å². The monoisotopic (exact) mass is 353 g/mol. The number of thiocarbonyl (C=S) groups is 1. The SMILES string of the molecule is COc1cccc([C@H](CC(=O)N2C(=S)SC[C@@H]2C(C)C)OC)c1. The lowest BCUT2D eigenvalue weighted by Gasteiger charge is -2.28. The number of hydrogen-bond acceptors (Lipinski definition) is 5. The fourth-order valence-corrected chi connectivity index (χ4v) is 4.31. The van der Waals surface area contributed by atoms with Crippen molar-refractivity contribution in [2.45, 2.75) is 32.4 Å². The zero-order chi connectivity index (χ0) is 17.0. The molecule has 1 heterocycles. The first-order valence-corrected chi connectivity index (χ1v) is 9.02. The highest BCUT2D eigenvalue weighted by Gasteiger charge is 2.36. The summed E-state index contributed by atoms with van der Waals surface area (Å²) in [6.45, 7) is 4.24. The van der Waals surface area contributed by atoms with Gasteiger partial charge in [-0.05, 0) is 23.6 Å². The molecule has 4 nitrogen and oxygen atoms in total. The van der Waals surface area contributed by atoms with Gasteiger partial charge < -0.3 is 9.47 Å². The minimum atomic E-state index is -0.307. The van der Waals surface area contributed by atoms with E-state index in [1.165, 1.54) is 0 Å². The molecule has 0 unspecified atom stereocenters. The van der Waals surface area contributed by atoms with E-state index in [4.69, 9.17) is 21.7 Å². The summed E-state index contributed by atoms with van der Waals surface area (Å²) in [7, 11) is 3.24. The lowest BCUT2D eigenvalue weighted by Crippen LogP contribution is -2.42. The van der Waals surface area contributed by atoms with Gasteiger partial charge in [0.2, 0.25) is 5.91 Å². The predicted octanol–water partition coefficient (Wildman–Crippen LogP) is 3.66. The summed E-state index contributed by atoms with van der Waals surface area (Å²) in [5.74, 6) is 2.03. The van der Waals surface area contributed by atoms with Crippen LogP contribution in [-0.4, -0.2) is 41.1 Å². The van der Waals surface area contributed by atoms with E-state index in [9.17, 15) is 4.79 Å². The van der Waals surface area contributed by atoms with Gasteiger partial charge in [0.05, 0.1) is 19.6 Å². The Balaban J connectivity index is 2.14. The summed E-state index contributed by atoms with van der Waals surface area (Å²) in [6, 6.07) is 7.79. The van der Waals surface area contributed by atoms with Gasteiger partial charge in [-0.25, -0.2) is 0 Å². The van der Waals surface area contributed by atoms with Gasteiger partial charge in [-0.15, -0.1) is 0 Å². The van der Waals surface area contributed by atoms with Crippen molar-refractivity contribution in [3.05, 3.63) is 29.8 Å². The molecule has 2 atom stereocenters. The second-order valence-corrected chi connectivity index (χ2v) is 7.51. The van der Waals surface area contributed by atoms with E-state index >= 15 is 0 Å². The number of carbonyl (C=O) groups is 1. The number of hydrogen-bond donors (Lipinski definition) is 0. The van der Waals surface area contributed by atoms with E-state index in [2.05, 4.69) is 13.8 Å². The summed E-state index contributed by atoms with van der Waals surface area (Å²) in [6.07, 6.45) is -0.0352. The molecule has 0 aliphatic carbocycles. The van der Waals surface area contributed by atoms with Gasteiger partial charge >= 0.3 is 0 Å². The molecule has 0 N–H and O–H groups in total. The van der Waals surface area contributed by atoms with Crippen molar-refractivity contribution in [1.82, 2.24) is 4.90 Å². The highest BCUT2D eigenvalue weighted by molar-refractivity contribution is 8.23. The topological polar surface area (TPSA) is 38.8 Å². The Morgan fingerprint density at radius 1 is 1.43 bits per heavy atom. The zero-order valence-electron chi connectivity index (χ0n) is 13.9. The van der Waals surface area contributed by atoms with E-state index in [1.54, 1.807) is 30.9 Å². The Hall–Kier alpha value is -1.11. The van der Waals surface area contributed by atoms with Crippen LogP contribution in [0.15, 0.2) is 24.3 Å². The van der Waals surface area contributed by atoms with E-state index in [0.29, 0.717) is 10.2 Å². The molecule has 0 bridgehead atoms. The molecule has 0 radical (unpaired) electrons. The van der Waals surface area contributed by atoms with Crippen LogP contribution in [0.2, 0.25) is 0 Å². The molecule has 1 aromatic carbocycles. The van der Waals surface area contributed by atoms with Crippen molar-refractivity contribution in [2.24, 2.45) is 5.92 Å². The van der Waals surface area contributed by atoms with Gasteiger partial charge in [-0.1, -0.05) is 50.0 Å². The van der Waals surface area contributed by atoms with E-state index < -0.39 is 0 Å². The van der Waals surface area contributed by atoms with Gasteiger partial charge in [-0.3, -0.25) is 9.69 Å². The quantitative estimate of drug-likeness (QED) is 0.730. The van der Waals surface area contributed by atoms with Crippen molar-refractivity contribution in [3.63, 3.8) is 0 Å². The molecule has 6 heteroatoms.